The van der Waals surface area contributed by atoms with Gasteiger partial charge in [-0.1, -0.05) is 42.5 Å². The van der Waals surface area contributed by atoms with Crippen molar-refractivity contribution in [3.05, 3.63) is 95.4 Å². The Bertz CT molecular complexity index is 1820. The predicted octanol–water partition coefficient (Wildman–Crippen LogP) is 6.94. The van der Waals surface area contributed by atoms with Crippen LogP contribution in [-0.2, 0) is 11.3 Å². The molecule has 0 atom stereocenters. The number of nitriles is 2. The molecule has 0 radical (unpaired) electrons. The maximum atomic E-state index is 15.0. The molecule has 0 saturated carbocycles. The van der Waals surface area contributed by atoms with Crippen LogP contribution in [-0.4, -0.2) is 29.8 Å². The Morgan fingerprint density at radius 3 is 2.41 bits per heavy atom. The quantitative estimate of drug-likeness (QED) is 0.191. The number of halogens is 1. The van der Waals surface area contributed by atoms with Gasteiger partial charge in [0.2, 0.25) is 0 Å². The first kappa shape index (κ1) is 31.8. The van der Waals surface area contributed by atoms with Crippen LogP contribution in [0.2, 0.25) is 0 Å². The first-order valence-corrected chi connectivity index (χ1v) is 15.0. The minimum atomic E-state index is -0.798. The topological polar surface area (TPSA) is 151 Å². The predicted molar refractivity (Wildman–Crippen MR) is 174 cm³/mol. The maximum absolute atomic E-state index is 15.0. The lowest BCUT2D eigenvalue weighted by Crippen LogP contribution is -2.39. The first-order chi connectivity index (χ1) is 22.1. The molecule has 46 heavy (non-hydrogen) atoms. The minimum absolute atomic E-state index is 0.0903. The molecular formula is C36H35FN6O3. The number of aromatic nitrogens is 1. The molecule has 1 saturated heterocycles. The highest BCUT2D eigenvalue weighted by atomic mass is 19.1. The van der Waals surface area contributed by atoms with Crippen LogP contribution in [0.5, 0.6) is 5.75 Å². The molecule has 3 aromatic carbocycles. The van der Waals surface area contributed by atoms with E-state index >= 15 is 0 Å². The van der Waals surface area contributed by atoms with Crippen LogP contribution in [0.4, 0.5) is 20.7 Å². The summed E-state index contributed by atoms with van der Waals surface area (Å²) in [5.41, 5.74) is 14.7. The Hall–Kier alpha value is -5.61. The van der Waals surface area contributed by atoms with Gasteiger partial charge in [-0.15, -0.1) is 0 Å². The number of amides is 1. The third kappa shape index (κ3) is 7.19. The van der Waals surface area contributed by atoms with Gasteiger partial charge in [-0.05, 0) is 80.0 Å². The van der Waals surface area contributed by atoms with Crippen molar-refractivity contribution in [1.29, 1.82) is 10.5 Å². The normalized spacial score (nSPS) is 13.5. The summed E-state index contributed by atoms with van der Waals surface area (Å²) < 4.78 is 26.4. The zero-order valence-electron chi connectivity index (χ0n) is 25.8. The highest BCUT2D eigenvalue weighted by molar-refractivity contribution is 5.91. The molecule has 9 nitrogen and oxygen atoms in total. The van der Waals surface area contributed by atoms with Crippen LogP contribution in [0.15, 0.2) is 72.9 Å². The largest absolute Gasteiger partial charge is 0.487 e. The van der Waals surface area contributed by atoms with E-state index in [0.29, 0.717) is 71.2 Å². The average molecular weight is 619 g/mol. The number of carbonyl (C=O) groups excluding carboxylic acids is 1. The van der Waals surface area contributed by atoms with Crippen molar-refractivity contribution in [2.75, 3.05) is 23.7 Å². The van der Waals surface area contributed by atoms with Gasteiger partial charge in [-0.25, -0.2) is 14.2 Å². The number of anilines is 2. The number of nitrogen functional groups attached to an aromatic ring is 1. The number of rotatable bonds is 9. The third-order valence-corrected chi connectivity index (χ3v) is 8.18. The Morgan fingerprint density at radius 2 is 1.76 bits per heavy atom. The number of piperidine rings is 1. The van der Waals surface area contributed by atoms with Gasteiger partial charge in [-0.3, -0.25) is 0 Å². The molecule has 2 heterocycles. The third-order valence-electron chi connectivity index (χ3n) is 8.18. The summed E-state index contributed by atoms with van der Waals surface area (Å²) in [6.45, 7) is 5.25. The number of benzene rings is 3. The van der Waals surface area contributed by atoms with E-state index in [1.165, 1.54) is 12.1 Å². The summed E-state index contributed by atoms with van der Waals surface area (Å²) in [6.07, 6.45) is 3.13. The van der Waals surface area contributed by atoms with Crippen molar-refractivity contribution >= 4 is 17.6 Å². The molecule has 0 unspecified atom stereocenters. The summed E-state index contributed by atoms with van der Waals surface area (Å²) in [5.74, 6) is 0.560. The number of nitrogens with zero attached hydrogens (tertiary/aromatic N) is 4. The van der Waals surface area contributed by atoms with Crippen LogP contribution in [0.1, 0.15) is 49.8 Å². The Balaban J connectivity index is 1.52. The number of hydrogen-bond donors (Lipinski definition) is 2. The van der Waals surface area contributed by atoms with Crippen molar-refractivity contribution < 1.29 is 18.7 Å². The van der Waals surface area contributed by atoms with E-state index in [1.54, 1.807) is 24.4 Å². The van der Waals surface area contributed by atoms with Crippen molar-refractivity contribution in [2.24, 2.45) is 11.7 Å². The highest BCUT2D eigenvalue weighted by Crippen LogP contribution is 2.41. The lowest BCUT2D eigenvalue weighted by atomic mass is 9.86. The lowest BCUT2D eigenvalue weighted by molar-refractivity contribution is 0.0236. The molecule has 0 spiro atoms. The molecule has 1 aliphatic heterocycles. The van der Waals surface area contributed by atoms with E-state index < -0.39 is 17.5 Å². The molecule has 234 valence electrons. The molecule has 0 bridgehead atoms. The molecule has 1 fully saturated rings. The van der Waals surface area contributed by atoms with E-state index in [-0.39, 0.29) is 11.5 Å². The van der Waals surface area contributed by atoms with Crippen LogP contribution < -0.4 is 21.1 Å². The van der Waals surface area contributed by atoms with Crippen LogP contribution in [0.25, 0.3) is 22.3 Å². The average Bonchev–Trinajstić information content (AvgIpc) is 3.03. The van der Waals surface area contributed by atoms with Crippen molar-refractivity contribution in [3.63, 3.8) is 0 Å². The summed E-state index contributed by atoms with van der Waals surface area (Å²) in [6, 6.07) is 23.6. The molecule has 1 amide bonds. The van der Waals surface area contributed by atoms with Gasteiger partial charge in [0.25, 0.3) is 0 Å². The first-order valence-electron chi connectivity index (χ1n) is 15.0. The second-order valence-electron chi connectivity index (χ2n) is 12.0. The summed E-state index contributed by atoms with van der Waals surface area (Å²) in [5, 5.41) is 19.9. The monoisotopic (exact) mass is 618 g/mol. The van der Waals surface area contributed by atoms with E-state index in [9.17, 15) is 19.7 Å². The van der Waals surface area contributed by atoms with E-state index in [1.807, 2.05) is 56.3 Å². The highest BCUT2D eigenvalue weighted by Gasteiger charge is 2.31. The van der Waals surface area contributed by atoms with Crippen LogP contribution >= 0.6 is 0 Å². The fraction of sp³-hybridized carbons (Fsp3) is 0.278. The maximum Gasteiger partial charge on any atom is 0.405 e. The van der Waals surface area contributed by atoms with Crippen molar-refractivity contribution in [3.8, 4) is 40.1 Å². The number of carbonyl (C=O) groups is 1. The number of nitrogens with two attached hydrogens (primary N) is 2. The van der Waals surface area contributed by atoms with Gasteiger partial charge in [0.15, 0.2) is 0 Å². The molecule has 4 N–H and O–H groups in total. The SMILES string of the molecule is CC(C)(CC1CCN(c2ncc(-c3ccc(N)c(OCc4ccccc4)c3)c(-c3ccc(C#N)c(F)c3)c2C#N)CC1)OC(N)=O. The number of hydrogen-bond acceptors (Lipinski definition) is 8. The Kier molecular flexibility index (Phi) is 9.39. The molecule has 4 aromatic rings. The number of pyridine rings is 1. The van der Waals surface area contributed by atoms with Crippen molar-refractivity contribution in [1.82, 2.24) is 4.98 Å². The molecule has 1 aromatic heterocycles. The van der Waals surface area contributed by atoms with Gasteiger partial charge in [-0.2, -0.15) is 10.5 Å². The number of ether oxygens (including phenoxy) is 2. The van der Waals surface area contributed by atoms with Gasteiger partial charge in [0.1, 0.15) is 47.3 Å². The van der Waals surface area contributed by atoms with E-state index in [2.05, 4.69) is 11.0 Å². The van der Waals surface area contributed by atoms with Crippen molar-refractivity contribution in [2.45, 2.75) is 45.3 Å². The smallest absolute Gasteiger partial charge is 0.405 e. The zero-order valence-corrected chi connectivity index (χ0v) is 25.8. The second-order valence-corrected chi connectivity index (χ2v) is 12.0. The van der Waals surface area contributed by atoms with Gasteiger partial charge in [0.05, 0.1) is 11.3 Å². The Morgan fingerprint density at radius 1 is 1.04 bits per heavy atom. The minimum Gasteiger partial charge on any atom is -0.487 e. The summed E-state index contributed by atoms with van der Waals surface area (Å²) in [7, 11) is 0. The molecule has 5 rings (SSSR count). The molecule has 0 aliphatic carbocycles. The van der Waals surface area contributed by atoms with Gasteiger partial charge in [0, 0.05) is 30.4 Å². The summed E-state index contributed by atoms with van der Waals surface area (Å²) >= 11 is 0. The Labute approximate surface area is 267 Å². The van der Waals surface area contributed by atoms with Gasteiger partial charge < -0.3 is 25.8 Å². The van der Waals surface area contributed by atoms with E-state index in [4.69, 9.17) is 25.9 Å². The fourth-order valence-corrected chi connectivity index (χ4v) is 6.05. The molecule has 1 aliphatic rings. The van der Waals surface area contributed by atoms with Crippen LogP contribution in [0, 0.1) is 34.4 Å². The number of primary amides is 1. The lowest BCUT2D eigenvalue weighted by Gasteiger charge is -2.36. The van der Waals surface area contributed by atoms with E-state index in [0.717, 1.165) is 18.4 Å². The summed E-state index contributed by atoms with van der Waals surface area (Å²) in [4.78, 5) is 18.2. The second kappa shape index (κ2) is 13.6. The van der Waals surface area contributed by atoms with Gasteiger partial charge >= 0.3 is 6.09 Å². The molecule has 10 heteroatoms. The standard InChI is InChI=1S/C36H35FN6O3/c1-36(2,46-35(41)44)18-23-12-14-43(15-13-23)34-28(20-39)33(26-8-9-27(19-38)30(37)16-26)29(21-42-34)25-10-11-31(40)32(17-25)45-22-24-6-4-3-5-7-24/h3-11,16-17,21,23H,12-15,18,22,40H2,1-2H3,(H2,41,44). The zero-order chi connectivity index (χ0) is 32.8. The van der Waals surface area contributed by atoms with Crippen LogP contribution in [0.3, 0.4) is 0 Å². The fourth-order valence-electron chi connectivity index (χ4n) is 6.05. The molecular weight excluding hydrogens is 583 g/mol.